The highest BCUT2D eigenvalue weighted by Crippen LogP contribution is 2.34. The molecule has 31 heavy (non-hydrogen) atoms. The minimum absolute atomic E-state index is 0.0979. The number of hydrogen-bond donors (Lipinski definition) is 2. The lowest BCUT2D eigenvalue weighted by Gasteiger charge is -2.35. The lowest BCUT2D eigenvalue weighted by Crippen LogP contribution is -2.50. The molecule has 1 aliphatic rings. The monoisotopic (exact) mass is 421 g/mol. The van der Waals surface area contributed by atoms with Gasteiger partial charge >= 0.3 is 0 Å². The van der Waals surface area contributed by atoms with Crippen LogP contribution in [0.4, 0.5) is 0 Å². The summed E-state index contributed by atoms with van der Waals surface area (Å²) >= 11 is 0. The number of carbonyl (C=O) groups excluding carboxylic acids is 1. The van der Waals surface area contributed by atoms with E-state index in [0.717, 1.165) is 35.0 Å². The maximum atomic E-state index is 11.4. The van der Waals surface area contributed by atoms with Gasteiger partial charge in [-0.05, 0) is 34.7 Å². The third-order valence-electron chi connectivity index (χ3n) is 5.70. The number of pyridine rings is 1. The summed E-state index contributed by atoms with van der Waals surface area (Å²) in [7, 11) is 0. The van der Waals surface area contributed by atoms with Crippen LogP contribution in [-0.4, -0.2) is 71.2 Å². The van der Waals surface area contributed by atoms with Crippen molar-refractivity contribution in [2.24, 2.45) is 0 Å². The quantitative estimate of drug-likeness (QED) is 0.637. The van der Waals surface area contributed by atoms with E-state index in [-0.39, 0.29) is 18.1 Å². The van der Waals surface area contributed by atoms with Crippen molar-refractivity contribution >= 4 is 16.7 Å². The first kappa shape index (κ1) is 21.1. The van der Waals surface area contributed by atoms with Crippen molar-refractivity contribution in [1.29, 1.82) is 0 Å². The SMILES string of the molecule is CC(=O)N1CCN(CC(O)COc2ccc(-c3ccc(=O)[nH]c3)c3ccccc23)CC1. The lowest BCUT2D eigenvalue weighted by molar-refractivity contribution is -0.130. The highest BCUT2D eigenvalue weighted by atomic mass is 16.5. The first-order chi connectivity index (χ1) is 15.0. The molecule has 2 N–H and O–H groups in total. The lowest BCUT2D eigenvalue weighted by atomic mass is 9.99. The number of H-pyrrole nitrogens is 1. The molecule has 0 saturated carbocycles. The number of carbonyl (C=O) groups is 1. The molecule has 0 bridgehead atoms. The van der Waals surface area contributed by atoms with E-state index in [4.69, 9.17) is 4.74 Å². The molecule has 2 heterocycles. The predicted molar refractivity (Wildman–Crippen MR) is 120 cm³/mol. The fraction of sp³-hybridized carbons (Fsp3) is 0.333. The van der Waals surface area contributed by atoms with Gasteiger partial charge in [-0.25, -0.2) is 0 Å². The maximum absolute atomic E-state index is 11.4. The minimum atomic E-state index is -0.624. The van der Waals surface area contributed by atoms with Gasteiger partial charge in [0.15, 0.2) is 0 Å². The van der Waals surface area contributed by atoms with Crippen LogP contribution in [0.15, 0.2) is 59.5 Å². The Balaban J connectivity index is 1.43. The van der Waals surface area contributed by atoms with Crippen molar-refractivity contribution in [3.8, 4) is 16.9 Å². The summed E-state index contributed by atoms with van der Waals surface area (Å²) in [4.78, 5) is 29.5. The smallest absolute Gasteiger partial charge is 0.247 e. The van der Waals surface area contributed by atoms with Gasteiger partial charge in [0.1, 0.15) is 18.5 Å². The molecule has 1 fully saturated rings. The number of nitrogens with zero attached hydrogens (tertiary/aromatic N) is 2. The van der Waals surface area contributed by atoms with E-state index in [2.05, 4.69) is 9.88 Å². The van der Waals surface area contributed by atoms with Crippen molar-refractivity contribution in [1.82, 2.24) is 14.8 Å². The molecule has 7 nitrogen and oxygen atoms in total. The molecule has 4 rings (SSSR count). The van der Waals surface area contributed by atoms with Crippen molar-refractivity contribution in [2.75, 3.05) is 39.3 Å². The van der Waals surface area contributed by atoms with Crippen molar-refractivity contribution in [3.05, 3.63) is 65.1 Å². The molecule has 162 valence electrons. The number of amides is 1. The van der Waals surface area contributed by atoms with Crippen LogP contribution in [0.1, 0.15) is 6.92 Å². The van der Waals surface area contributed by atoms with Crippen LogP contribution >= 0.6 is 0 Å². The van der Waals surface area contributed by atoms with E-state index in [1.165, 1.54) is 6.07 Å². The normalized spacial score (nSPS) is 15.7. The largest absolute Gasteiger partial charge is 0.490 e. The Morgan fingerprint density at radius 1 is 1.06 bits per heavy atom. The Hall–Kier alpha value is -3.16. The van der Waals surface area contributed by atoms with E-state index in [0.29, 0.717) is 25.4 Å². The second kappa shape index (κ2) is 9.32. The van der Waals surface area contributed by atoms with E-state index in [1.807, 2.05) is 41.3 Å². The number of fused-ring (bicyclic) bond motifs is 1. The minimum Gasteiger partial charge on any atom is -0.490 e. The molecule has 0 radical (unpaired) electrons. The molecule has 2 aromatic carbocycles. The first-order valence-corrected chi connectivity index (χ1v) is 10.5. The molecule has 0 spiro atoms. The van der Waals surface area contributed by atoms with Gasteiger partial charge in [0.25, 0.3) is 0 Å². The number of ether oxygens (including phenoxy) is 1. The van der Waals surface area contributed by atoms with Crippen LogP contribution in [0.3, 0.4) is 0 Å². The van der Waals surface area contributed by atoms with Gasteiger partial charge in [0, 0.05) is 57.3 Å². The van der Waals surface area contributed by atoms with Gasteiger partial charge in [0.2, 0.25) is 11.5 Å². The molecular weight excluding hydrogens is 394 g/mol. The molecule has 1 aliphatic heterocycles. The van der Waals surface area contributed by atoms with E-state index >= 15 is 0 Å². The van der Waals surface area contributed by atoms with Gasteiger partial charge < -0.3 is 19.7 Å². The number of aliphatic hydroxyl groups is 1. The summed E-state index contributed by atoms with van der Waals surface area (Å²) in [5.41, 5.74) is 1.79. The summed E-state index contributed by atoms with van der Waals surface area (Å²) in [5, 5.41) is 12.5. The molecule has 1 unspecified atom stereocenters. The van der Waals surface area contributed by atoms with Gasteiger partial charge in [-0.1, -0.05) is 24.3 Å². The van der Waals surface area contributed by atoms with Crippen LogP contribution in [0.2, 0.25) is 0 Å². The molecule has 0 aliphatic carbocycles. The average Bonchev–Trinajstić information content (AvgIpc) is 2.78. The Morgan fingerprint density at radius 2 is 1.81 bits per heavy atom. The van der Waals surface area contributed by atoms with Crippen molar-refractivity contribution < 1.29 is 14.6 Å². The summed E-state index contributed by atoms with van der Waals surface area (Å²) in [5.74, 6) is 0.810. The second-order valence-corrected chi connectivity index (χ2v) is 7.87. The second-order valence-electron chi connectivity index (χ2n) is 7.87. The Kier molecular flexibility index (Phi) is 6.34. The highest BCUT2D eigenvalue weighted by molar-refractivity contribution is 5.99. The molecule has 1 aromatic heterocycles. The molecule has 3 aromatic rings. The third-order valence-corrected chi connectivity index (χ3v) is 5.70. The standard InChI is InChI=1S/C24H27N3O4/c1-17(28)27-12-10-26(11-13-27)15-19(29)16-31-23-8-7-20(18-6-9-24(30)25-14-18)21-4-2-3-5-22(21)23/h2-9,14,19,29H,10-13,15-16H2,1H3,(H,25,30). The van der Waals surface area contributed by atoms with Gasteiger partial charge in [-0.15, -0.1) is 0 Å². The number of aromatic nitrogens is 1. The third kappa shape index (κ3) is 4.95. The predicted octanol–water partition coefficient (Wildman–Crippen LogP) is 2.10. The number of piperazine rings is 1. The average molecular weight is 421 g/mol. The first-order valence-electron chi connectivity index (χ1n) is 10.5. The van der Waals surface area contributed by atoms with Crippen LogP contribution in [-0.2, 0) is 4.79 Å². The molecular formula is C24H27N3O4. The van der Waals surface area contributed by atoms with Crippen molar-refractivity contribution in [2.45, 2.75) is 13.0 Å². The fourth-order valence-electron chi connectivity index (χ4n) is 4.01. The summed E-state index contributed by atoms with van der Waals surface area (Å²) in [6, 6.07) is 15.1. The van der Waals surface area contributed by atoms with Gasteiger partial charge in [-0.3, -0.25) is 14.5 Å². The van der Waals surface area contributed by atoms with Crippen LogP contribution in [0.25, 0.3) is 21.9 Å². The van der Waals surface area contributed by atoms with Crippen LogP contribution in [0, 0.1) is 0 Å². The van der Waals surface area contributed by atoms with Gasteiger partial charge in [-0.2, -0.15) is 0 Å². The summed E-state index contributed by atoms with van der Waals surface area (Å²) < 4.78 is 5.99. The zero-order chi connectivity index (χ0) is 21.8. The maximum Gasteiger partial charge on any atom is 0.247 e. The Labute approximate surface area is 180 Å². The number of rotatable bonds is 6. The number of nitrogens with one attached hydrogen (secondary N) is 1. The molecule has 1 saturated heterocycles. The number of aliphatic hydroxyl groups excluding tert-OH is 1. The number of β-amino-alcohol motifs (C(OH)–C–C–N with tert-alkyl or cyclic N) is 1. The van der Waals surface area contributed by atoms with Crippen molar-refractivity contribution in [3.63, 3.8) is 0 Å². The number of aromatic amines is 1. The van der Waals surface area contributed by atoms with E-state index in [9.17, 15) is 14.7 Å². The van der Waals surface area contributed by atoms with E-state index in [1.54, 1.807) is 19.2 Å². The topological polar surface area (TPSA) is 85.9 Å². The Bertz CT molecular complexity index is 1100. The zero-order valence-corrected chi connectivity index (χ0v) is 17.6. The van der Waals surface area contributed by atoms with Crippen LogP contribution < -0.4 is 10.3 Å². The van der Waals surface area contributed by atoms with Gasteiger partial charge in [0.05, 0.1) is 0 Å². The number of benzene rings is 2. The molecule has 7 heteroatoms. The summed E-state index contributed by atoms with van der Waals surface area (Å²) in [6.45, 7) is 5.19. The molecule has 1 atom stereocenters. The highest BCUT2D eigenvalue weighted by Gasteiger charge is 2.21. The van der Waals surface area contributed by atoms with Crippen LogP contribution in [0.5, 0.6) is 5.75 Å². The summed E-state index contributed by atoms with van der Waals surface area (Å²) in [6.07, 6.45) is 1.08. The molecule has 1 amide bonds. The zero-order valence-electron chi connectivity index (χ0n) is 17.6. The fourth-order valence-corrected chi connectivity index (χ4v) is 4.01. The number of hydrogen-bond acceptors (Lipinski definition) is 5. The van der Waals surface area contributed by atoms with E-state index < -0.39 is 6.10 Å². The Morgan fingerprint density at radius 3 is 2.48 bits per heavy atom.